The molecule has 1 aliphatic heterocycles. The zero-order valence-electron chi connectivity index (χ0n) is 13.5. The number of likely N-dealkylation sites (tertiary alicyclic amines) is 1. The van der Waals surface area contributed by atoms with Gasteiger partial charge in [0.15, 0.2) is 9.84 Å². The van der Waals surface area contributed by atoms with Gasteiger partial charge in [-0.25, -0.2) is 8.42 Å². The second-order valence-corrected chi connectivity index (χ2v) is 8.16. The second kappa shape index (κ2) is 7.27. The van der Waals surface area contributed by atoms with Gasteiger partial charge in [-0.15, -0.1) is 0 Å². The summed E-state index contributed by atoms with van der Waals surface area (Å²) in [5.74, 6) is 0.637. The molecule has 1 aromatic carbocycles. The quantitative estimate of drug-likeness (QED) is 0.629. The molecule has 0 spiro atoms. The number of nitrogens with one attached hydrogen (secondary N) is 1. The summed E-state index contributed by atoms with van der Waals surface area (Å²) in [6.45, 7) is 2.85. The molecule has 0 aliphatic carbocycles. The minimum atomic E-state index is -3.53. The molecule has 128 valence electrons. The normalized spacial score (nSPS) is 17.1. The molecule has 1 fully saturated rings. The molecule has 8 heteroatoms. The largest absolute Gasteiger partial charge is 0.384 e. The molecule has 0 atom stereocenters. The molecule has 2 rings (SSSR count). The number of anilines is 1. The summed E-state index contributed by atoms with van der Waals surface area (Å²) >= 11 is 0. The predicted molar refractivity (Wildman–Crippen MR) is 89.5 cm³/mol. The third kappa shape index (κ3) is 4.90. The van der Waals surface area contributed by atoms with Gasteiger partial charge in [-0.1, -0.05) is 0 Å². The van der Waals surface area contributed by atoms with Crippen molar-refractivity contribution in [2.45, 2.75) is 24.2 Å². The van der Waals surface area contributed by atoms with Crippen molar-refractivity contribution < 1.29 is 13.3 Å². The molecule has 1 aliphatic rings. The Hall–Kier alpha value is -1.67. The van der Waals surface area contributed by atoms with Crippen molar-refractivity contribution in [3.8, 4) is 0 Å². The summed E-state index contributed by atoms with van der Waals surface area (Å²) in [4.78, 5) is 12.5. The second-order valence-electron chi connectivity index (χ2n) is 6.17. The van der Waals surface area contributed by atoms with E-state index in [1.54, 1.807) is 0 Å². The molecule has 0 amide bonds. The number of rotatable bonds is 6. The van der Waals surface area contributed by atoms with Gasteiger partial charge in [0.05, 0.1) is 15.5 Å². The lowest BCUT2D eigenvalue weighted by atomic mass is 9.94. The first kappa shape index (κ1) is 17.7. The van der Waals surface area contributed by atoms with Gasteiger partial charge < -0.3 is 10.2 Å². The Kier molecular flexibility index (Phi) is 5.59. The van der Waals surface area contributed by atoms with Gasteiger partial charge in [-0.05, 0) is 51.4 Å². The van der Waals surface area contributed by atoms with E-state index in [2.05, 4.69) is 17.3 Å². The van der Waals surface area contributed by atoms with E-state index >= 15 is 0 Å². The van der Waals surface area contributed by atoms with E-state index in [1.807, 2.05) is 0 Å². The summed E-state index contributed by atoms with van der Waals surface area (Å²) in [7, 11) is -1.41. The number of nitro benzene ring substituents is 1. The van der Waals surface area contributed by atoms with Crippen LogP contribution in [0.25, 0.3) is 0 Å². The topological polar surface area (TPSA) is 92.5 Å². The van der Waals surface area contributed by atoms with Crippen LogP contribution < -0.4 is 5.32 Å². The van der Waals surface area contributed by atoms with Crippen molar-refractivity contribution in [3.05, 3.63) is 28.3 Å². The van der Waals surface area contributed by atoms with E-state index in [4.69, 9.17) is 0 Å². The fourth-order valence-electron chi connectivity index (χ4n) is 2.84. The van der Waals surface area contributed by atoms with Gasteiger partial charge in [0, 0.05) is 24.9 Å². The summed E-state index contributed by atoms with van der Waals surface area (Å²) in [6.07, 6.45) is 4.33. The van der Waals surface area contributed by atoms with Crippen molar-refractivity contribution in [1.29, 1.82) is 0 Å². The average Bonchev–Trinajstić information content (AvgIpc) is 2.48. The first-order chi connectivity index (χ1) is 10.8. The SMILES string of the molecule is CN1CCC(CCNc2ccc([N+](=O)[O-])cc2S(C)(=O)=O)CC1. The molecule has 0 unspecified atom stereocenters. The van der Waals surface area contributed by atoms with Gasteiger partial charge >= 0.3 is 0 Å². The van der Waals surface area contributed by atoms with E-state index in [9.17, 15) is 18.5 Å². The number of piperidine rings is 1. The fraction of sp³-hybridized carbons (Fsp3) is 0.600. The molecular formula is C15H23N3O4S. The Morgan fingerprint density at radius 3 is 2.57 bits per heavy atom. The molecular weight excluding hydrogens is 318 g/mol. The van der Waals surface area contributed by atoms with Crippen LogP contribution in [-0.4, -0.2) is 51.2 Å². The van der Waals surface area contributed by atoms with Crippen LogP contribution in [0.15, 0.2) is 23.1 Å². The van der Waals surface area contributed by atoms with Gasteiger partial charge in [0.25, 0.3) is 5.69 Å². The van der Waals surface area contributed by atoms with E-state index in [0.717, 1.165) is 44.7 Å². The van der Waals surface area contributed by atoms with Gasteiger partial charge in [-0.2, -0.15) is 0 Å². The van der Waals surface area contributed by atoms with Crippen molar-refractivity contribution >= 4 is 21.2 Å². The molecule has 1 heterocycles. The molecule has 1 N–H and O–H groups in total. The van der Waals surface area contributed by atoms with Crippen molar-refractivity contribution in [2.24, 2.45) is 5.92 Å². The monoisotopic (exact) mass is 341 g/mol. The first-order valence-electron chi connectivity index (χ1n) is 7.68. The Labute approximate surface area is 136 Å². The number of non-ortho nitro benzene ring substituents is 1. The Bertz CT molecular complexity index is 667. The number of sulfone groups is 1. The Morgan fingerprint density at radius 1 is 1.35 bits per heavy atom. The lowest BCUT2D eigenvalue weighted by Gasteiger charge is -2.29. The molecule has 0 bridgehead atoms. The molecule has 23 heavy (non-hydrogen) atoms. The number of nitrogens with zero attached hydrogens (tertiary/aromatic N) is 2. The highest BCUT2D eigenvalue weighted by Gasteiger charge is 2.19. The van der Waals surface area contributed by atoms with Crippen LogP contribution in [0.3, 0.4) is 0 Å². The summed E-state index contributed by atoms with van der Waals surface area (Å²) in [6, 6.07) is 3.92. The maximum absolute atomic E-state index is 11.9. The molecule has 0 aromatic heterocycles. The van der Waals surface area contributed by atoms with Crippen molar-refractivity contribution in [1.82, 2.24) is 4.90 Å². The van der Waals surface area contributed by atoms with Crippen LogP contribution in [0.5, 0.6) is 0 Å². The zero-order chi connectivity index (χ0) is 17.0. The van der Waals surface area contributed by atoms with E-state index in [1.165, 1.54) is 12.1 Å². The average molecular weight is 341 g/mol. The maximum atomic E-state index is 11.9. The fourth-order valence-corrected chi connectivity index (χ4v) is 3.71. The van der Waals surface area contributed by atoms with E-state index in [0.29, 0.717) is 18.2 Å². The molecule has 1 aromatic rings. The third-order valence-electron chi connectivity index (χ3n) is 4.28. The standard InChI is InChI=1S/C15H23N3O4S/c1-17-9-6-12(7-10-17)5-8-16-14-4-3-13(18(19)20)11-15(14)23(2,21)22/h3-4,11-12,16H,5-10H2,1-2H3. The van der Waals surface area contributed by atoms with Crippen LogP contribution >= 0.6 is 0 Å². The van der Waals surface area contributed by atoms with Crippen LogP contribution in [-0.2, 0) is 9.84 Å². The van der Waals surface area contributed by atoms with Crippen LogP contribution in [0.4, 0.5) is 11.4 Å². The minimum Gasteiger partial charge on any atom is -0.384 e. The number of hydrogen-bond donors (Lipinski definition) is 1. The Balaban J connectivity index is 2.03. The first-order valence-corrected chi connectivity index (χ1v) is 9.57. The van der Waals surface area contributed by atoms with Gasteiger partial charge in [-0.3, -0.25) is 10.1 Å². The smallest absolute Gasteiger partial charge is 0.270 e. The number of benzene rings is 1. The maximum Gasteiger partial charge on any atom is 0.270 e. The summed E-state index contributed by atoms with van der Waals surface area (Å²) in [5, 5.41) is 14.0. The van der Waals surface area contributed by atoms with Gasteiger partial charge in [0.1, 0.15) is 0 Å². The molecule has 1 saturated heterocycles. The van der Waals surface area contributed by atoms with Crippen molar-refractivity contribution in [3.63, 3.8) is 0 Å². The number of hydrogen-bond acceptors (Lipinski definition) is 6. The third-order valence-corrected chi connectivity index (χ3v) is 5.42. The lowest BCUT2D eigenvalue weighted by molar-refractivity contribution is -0.385. The summed E-state index contributed by atoms with van der Waals surface area (Å²) < 4.78 is 23.7. The van der Waals surface area contributed by atoms with E-state index < -0.39 is 14.8 Å². The Morgan fingerprint density at radius 2 is 2.00 bits per heavy atom. The van der Waals surface area contributed by atoms with Gasteiger partial charge in [0.2, 0.25) is 0 Å². The summed E-state index contributed by atoms with van der Waals surface area (Å²) in [5.41, 5.74) is 0.220. The highest BCUT2D eigenvalue weighted by molar-refractivity contribution is 7.90. The molecule has 7 nitrogen and oxygen atoms in total. The highest BCUT2D eigenvalue weighted by Crippen LogP contribution is 2.27. The molecule has 0 saturated carbocycles. The zero-order valence-corrected chi connectivity index (χ0v) is 14.3. The number of nitro groups is 1. The lowest BCUT2D eigenvalue weighted by Crippen LogP contribution is -2.30. The highest BCUT2D eigenvalue weighted by atomic mass is 32.2. The molecule has 0 radical (unpaired) electrons. The van der Waals surface area contributed by atoms with E-state index in [-0.39, 0.29) is 10.6 Å². The van der Waals surface area contributed by atoms with Crippen LogP contribution in [0.2, 0.25) is 0 Å². The predicted octanol–water partition coefficient (Wildman–Crippen LogP) is 2.14. The van der Waals surface area contributed by atoms with Crippen molar-refractivity contribution in [2.75, 3.05) is 38.3 Å². The minimum absolute atomic E-state index is 0.0184. The van der Waals surface area contributed by atoms with Crippen LogP contribution in [0, 0.1) is 16.0 Å². The van der Waals surface area contributed by atoms with Crippen LogP contribution in [0.1, 0.15) is 19.3 Å².